The zero-order valence-corrected chi connectivity index (χ0v) is 49.6. The number of rotatable bonds is 60. The molecule has 0 aromatic rings. The molecule has 0 N–H and O–H groups in total. The Kier molecular flexibility index (Phi) is 60.7. The Morgan fingerprint density at radius 3 is 0.770 bits per heavy atom. The molecule has 0 heterocycles. The zero-order valence-electron chi connectivity index (χ0n) is 49.6. The highest BCUT2D eigenvalue weighted by Gasteiger charge is 2.19. The van der Waals surface area contributed by atoms with Crippen LogP contribution in [0.15, 0.2) is 48.6 Å². The number of hydrogen-bond donors (Lipinski definition) is 0. The molecule has 0 rings (SSSR count). The van der Waals surface area contributed by atoms with Gasteiger partial charge in [0.15, 0.2) is 6.10 Å². The van der Waals surface area contributed by atoms with Gasteiger partial charge in [0, 0.05) is 19.3 Å². The molecule has 432 valence electrons. The molecule has 0 bridgehead atoms. The fourth-order valence-corrected chi connectivity index (χ4v) is 9.62. The van der Waals surface area contributed by atoms with Crippen molar-refractivity contribution in [2.75, 3.05) is 13.2 Å². The Balaban J connectivity index is 4.14. The summed E-state index contributed by atoms with van der Waals surface area (Å²) in [5.74, 6) is -0.862. The van der Waals surface area contributed by atoms with Gasteiger partial charge < -0.3 is 14.2 Å². The molecule has 0 spiro atoms. The van der Waals surface area contributed by atoms with Gasteiger partial charge in [-0.3, -0.25) is 14.4 Å². The molecule has 6 nitrogen and oxygen atoms in total. The maximum Gasteiger partial charge on any atom is 0.306 e. The van der Waals surface area contributed by atoms with Crippen LogP contribution in [0.3, 0.4) is 0 Å². The second-order valence-corrected chi connectivity index (χ2v) is 22.0. The summed E-state index contributed by atoms with van der Waals surface area (Å²) in [6, 6.07) is 0. The van der Waals surface area contributed by atoms with E-state index in [1.165, 1.54) is 231 Å². The van der Waals surface area contributed by atoms with Crippen LogP contribution in [0.5, 0.6) is 0 Å². The van der Waals surface area contributed by atoms with E-state index in [1.54, 1.807) is 0 Å². The maximum atomic E-state index is 12.9. The van der Waals surface area contributed by atoms with Crippen LogP contribution < -0.4 is 0 Å². The second-order valence-electron chi connectivity index (χ2n) is 22.0. The Hall–Kier alpha value is -2.63. The lowest BCUT2D eigenvalue weighted by Crippen LogP contribution is -2.30. The van der Waals surface area contributed by atoms with Crippen molar-refractivity contribution in [3.63, 3.8) is 0 Å². The van der Waals surface area contributed by atoms with Gasteiger partial charge in [0.1, 0.15) is 13.2 Å². The third kappa shape index (κ3) is 60.2. The first-order chi connectivity index (χ1) is 36.5. The maximum absolute atomic E-state index is 12.9. The van der Waals surface area contributed by atoms with Crippen molar-refractivity contribution in [3.05, 3.63) is 48.6 Å². The molecule has 1 atom stereocenters. The lowest BCUT2D eigenvalue weighted by atomic mass is 10.0. The van der Waals surface area contributed by atoms with Gasteiger partial charge in [-0.25, -0.2) is 0 Å². The van der Waals surface area contributed by atoms with Crippen molar-refractivity contribution in [2.45, 2.75) is 354 Å². The van der Waals surface area contributed by atoms with Crippen LogP contribution in [0.4, 0.5) is 0 Å². The summed E-state index contributed by atoms with van der Waals surface area (Å²) in [6.45, 7) is 6.63. The van der Waals surface area contributed by atoms with Gasteiger partial charge in [-0.05, 0) is 83.5 Å². The molecule has 1 unspecified atom stereocenters. The predicted molar refractivity (Wildman–Crippen MR) is 321 cm³/mol. The third-order valence-electron chi connectivity index (χ3n) is 14.6. The molecule has 0 radical (unpaired) electrons. The highest BCUT2D eigenvalue weighted by atomic mass is 16.6. The summed E-state index contributed by atoms with van der Waals surface area (Å²) in [5.41, 5.74) is 0. The largest absolute Gasteiger partial charge is 0.462 e. The first kappa shape index (κ1) is 71.4. The molecule has 0 amide bonds. The van der Waals surface area contributed by atoms with Crippen LogP contribution in [0.25, 0.3) is 0 Å². The molecular weight excluding hydrogens is 913 g/mol. The lowest BCUT2D eigenvalue weighted by Gasteiger charge is -2.18. The molecule has 0 aliphatic carbocycles. The number of carbonyl (C=O) groups is 3. The van der Waals surface area contributed by atoms with E-state index < -0.39 is 6.10 Å². The molecule has 6 heteroatoms. The standard InChI is InChI=1S/C68H124O6/c1-4-7-10-13-16-19-22-24-26-28-29-30-31-32-33-34-35-36-37-38-39-41-42-44-46-49-52-55-58-61-67(70)73-64-65(63-72-66(69)60-57-54-51-48-21-18-15-12-9-6-3)74-68(71)62-59-56-53-50-47-45-43-40-27-25-23-20-17-14-11-8-5-2/h17,20,22,24-25,27-29,65H,4-16,18-19,21,23,26,30-64H2,1-3H3/b20-17-,24-22-,27-25-,29-28-. The van der Waals surface area contributed by atoms with Gasteiger partial charge in [0.2, 0.25) is 0 Å². The number of carbonyl (C=O) groups excluding carboxylic acids is 3. The zero-order chi connectivity index (χ0) is 53.6. The number of hydrogen-bond acceptors (Lipinski definition) is 6. The van der Waals surface area contributed by atoms with E-state index in [2.05, 4.69) is 69.4 Å². The average Bonchev–Trinajstić information content (AvgIpc) is 3.40. The summed E-state index contributed by atoms with van der Waals surface area (Å²) >= 11 is 0. The molecule has 0 saturated carbocycles. The van der Waals surface area contributed by atoms with Crippen LogP contribution in [-0.2, 0) is 28.6 Å². The smallest absolute Gasteiger partial charge is 0.306 e. The average molecular weight is 1040 g/mol. The minimum atomic E-state index is -0.774. The molecule has 0 saturated heterocycles. The van der Waals surface area contributed by atoms with E-state index in [0.717, 1.165) is 77.0 Å². The molecule has 0 aromatic heterocycles. The van der Waals surface area contributed by atoms with Crippen molar-refractivity contribution >= 4 is 17.9 Å². The summed E-state index contributed by atoms with van der Waals surface area (Å²) in [7, 11) is 0. The van der Waals surface area contributed by atoms with Gasteiger partial charge in [0.05, 0.1) is 0 Å². The monoisotopic (exact) mass is 1040 g/mol. The molecule has 0 fully saturated rings. The van der Waals surface area contributed by atoms with E-state index in [9.17, 15) is 14.4 Å². The Morgan fingerprint density at radius 1 is 0.270 bits per heavy atom. The fourth-order valence-electron chi connectivity index (χ4n) is 9.62. The number of esters is 3. The molecule has 74 heavy (non-hydrogen) atoms. The Labute approximate surface area is 460 Å². The summed E-state index contributed by atoms with van der Waals surface area (Å²) < 4.78 is 16.9. The Bertz CT molecular complexity index is 1280. The SMILES string of the molecule is CCCCC/C=C\C/C=C\CCCCCCCCCC(=O)OC(COC(=O)CCCCCCCCCCCC)COC(=O)CCCCCCCCCCCCCCCCCCC/C=C\C/C=C\CCCCCCC. The quantitative estimate of drug-likeness (QED) is 0.0261. The minimum absolute atomic E-state index is 0.0721. The number of allylic oxidation sites excluding steroid dienone is 8. The Morgan fingerprint density at radius 2 is 0.486 bits per heavy atom. The molecule has 0 aliphatic heterocycles. The van der Waals surface area contributed by atoms with Gasteiger partial charge in [-0.15, -0.1) is 0 Å². The van der Waals surface area contributed by atoms with Gasteiger partial charge in [-0.1, -0.05) is 294 Å². The van der Waals surface area contributed by atoms with E-state index in [4.69, 9.17) is 14.2 Å². The van der Waals surface area contributed by atoms with Crippen LogP contribution in [-0.4, -0.2) is 37.2 Å². The summed E-state index contributed by atoms with van der Waals surface area (Å²) in [5, 5.41) is 0. The lowest BCUT2D eigenvalue weighted by molar-refractivity contribution is -0.167. The van der Waals surface area contributed by atoms with Crippen LogP contribution in [0, 0.1) is 0 Å². The summed E-state index contributed by atoms with van der Waals surface area (Å²) in [6.07, 6.45) is 78.5. The predicted octanol–water partition coefficient (Wildman–Crippen LogP) is 22.2. The summed E-state index contributed by atoms with van der Waals surface area (Å²) in [4.78, 5) is 38.2. The first-order valence-corrected chi connectivity index (χ1v) is 32.6. The molecule has 0 aromatic carbocycles. The van der Waals surface area contributed by atoms with Crippen molar-refractivity contribution in [3.8, 4) is 0 Å². The van der Waals surface area contributed by atoms with E-state index in [-0.39, 0.29) is 31.1 Å². The van der Waals surface area contributed by atoms with Crippen LogP contribution >= 0.6 is 0 Å². The van der Waals surface area contributed by atoms with E-state index >= 15 is 0 Å². The van der Waals surface area contributed by atoms with Gasteiger partial charge in [-0.2, -0.15) is 0 Å². The van der Waals surface area contributed by atoms with Crippen molar-refractivity contribution < 1.29 is 28.6 Å². The van der Waals surface area contributed by atoms with Gasteiger partial charge in [0.25, 0.3) is 0 Å². The van der Waals surface area contributed by atoms with Crippen molar-refractivity contribution in [2.24, 2.45) is 0 Å². The molecule has 0 aliphatic rings. The topological polar surface area (TPSA) is 78.9 Å². The third-order valence-corrected chi connectivity index (χ3v) is 14.6. The number of unbranched alkanes of at least 4 members (excludes halogenated alkanes) is 41. The molecular formula is C68H124O6. The van der Waals surface area contributed by atoms with Crippen molar-refractivity contribution in [1.29, 1.82) is 0 Å². The van der Waals surface area contributed by atoms with E-state index in [0.29, 0.717) is 19.3 Å². The van der Waals surface area contributed by atoms with Gasteiger partial charge >= 0.3 is 17.9 Å². The highest BCUT2D eigenvalue weighted by Crippen LogP contribution is 2.17. The first-order valence-electron chi connectivity index (χ1n) is 32.6. The minimum Gasteiger partial charge on any atom is -0.462 e. The fraction of sp³-hybridized carbons (Fsp3) is 0.838. The van der Waals surface area contributed by atoms with Crippen LogP contribution in [0.1, 0.15) is 348 Å². The van der Waals surface area contributed by atoms with Crippen molar-refractivity contribution in [1.82, 2.24) is 0 Å². The second kappa shape index (κ2) is 62.9. The number of ether oxygens (including phenoxy) is 3. The van der Waals surface area contributed by atoms with Crippen LogP contribution in [0.2, 0.25) is 0 Å². The highest BCUT2D eigenvalue weighted by molar-refractivity contribution is 5.71. The van der Waals surface area contributed by atoms with E-state index in [1.807, 2.05) is 0 Å². The normalized spacial score (nSPS) is 12.3.